The van der Waals surface area contributed by atoms with Crippen molar-refractivity contribution in [3.05, 3.63) is 103 Å². The van der Waals surface area contributed by atoms with Crippen LogP contribution in [0.2, 0.25) is 5.04 Å². The third-order valence-corrected chi connectivity index (χ3v) is 13.9. The van der Waals surface area contributed by atoms with Crippen molar-refractivity contribution in [3.8, 4) is 0 Å². The second kappa shape index (κ2) is 14.0. The van der Waals surface area contributed by atoms with E-state index in [4.69, 9.17) is 13.9 Å². The van der Waals surface area contributed by atoms with Crippen LogP contribution < -0.4 is 15.7 Å². The highest BCUT2D eigenvalue weighted by Gasteiger charge is 2.51. The number of morpholine rings is 1. The van der Waals surface area contributed by atoms with Gasteiger partial charge in [-0.25, -0.2) is 9.18 Å². The molecule has 0 saturated carbocycles. The number of fused-ring (bicyclic) bond motifs is 1. The highest BCUT2D eigenvalue weighted by molar-refractivity contribution is 6.99. The lowest BCUT2D eigenvalue weighted by atomic mass is 9.94. The van der Waals surface area contributed by atoms with Gasteiger partial charge in [0.1, 0.15) is 11.4 Å². The molecule has 2 amide bonds. The molecule has 0 bridgehead atoms. The Bertz CT molecular complexity index is 1730. The fourth-order valence-corrected chi connectivity index (χ4v) is 11.2. The summed E-state index contributed by atoms with van der Waals surface area (Å²) in [5.41, 5.74) is -1.21. The molecule has 0 radical (unpaired) electrons. The number of amides is 2. The summed E-state index contributed by atoms with van der Waals surface area (Å²) in [6.45, 7) is 15.9. The van der Waals surface area contributed by atoms with Crippen LogP contribution in [-0.4, -0.2) is 67.7 Å². The van der Waals surface area contributed by atoms with Gasteiger partial charge in [0.2, 0.25) is 0 Å². The molecule has 260 valence electrons. The SMILES string of the molecule is CC(C)(C)OC(=O)N1C[C@@H](C(=O)NC(C)(C)c2nccc3c(F)cccc23)OC[C@H]1CO[Si](c1ccccc1)(c1ccccc1)C(C)(C)C. The first kappa shape index (κ1) is 36.2. The molecule has 1 N–H and O–H groups in total. The molecule has 3 aromatic carbocycles. The average molecular weight is 686 g/mol. The van der Waals surface area contributed by atoms with Crippen LogP contribution >= 0.6 is 0 Å². The molecule has 2 atom stereocenters. The van der Waals surface area contributed by atoms with E-state index >= 15 is 0 Å². The minimum Gasteiger partial charge on any atom is -0.444 e. The first-order valence-corrected chi connectivity index (χ1v) is 18.7. The predicted molar refractivity (Wildman–Crippen MR) is 193 cm³/mol. The summed E-state index contributed by atoms with van der Waals surface area (Å²) in [6, 6.07) is 26.5. The van der Waals surface area contributed by atoms with E-state index in [0.717, 1.165) is 10.4 Å². The summed E-state index contributed by atoms with van der Waals surface area (Å²) in [5, 5.41) is 6.04. The van der Waals surface area contributed by atoms with Crippen LogP contribution in [0.25, 0.3) is 10.8 Å². The van der Waals surface area contributed by atoms with Crippen LogP contribution in [-0.2, 0) is 24.2 Å². The lowest BCUT2D eigenvalue weighted by Crippen LogP contribution is -2.68. The molecule has 2 heterocycles. The zero-order valence-corrected chi connectivity index (χ0v) is 30.7. The number of carbonyl (C=O) groups is 2. The van der Waals surface area contributed by atoms with Crippen LogP contribution in [0.5, 0.6) is 0 Å². The van der Waals surface area contributed by atoms with Gasteiger partial charge in [0.05, 0.1) is 37.0 Å². The van der Waals surface area contributed by atoms with E-state index in [-0.39, 0.29) is 30.6 Å². The second-order valence-corrected chi connectivity index (χ2v) is 19.5. The Balaban J connectivity index is 1.42. The number of nitrogens with zero attached hydrogens (tertiary/aromatic N) is 2. The van der Waals surface area contributed by atoms with Crippen LogP contribution in [0.4, 0.5) is 9.18 Å². The fourth-order valence-electron chi connectivity index (χ4n) is 6.64. The topological polar surface area (TPSA) is 90.0 Å². The number of hydrogen-bond acceptors (Lipinski definition) is 6. The van der Waals surface area contributed by atoms with E-state index in [2.05, 4.69) is 55.3 Å². The molecular weight excluding hydrogens is 638 g/mol. The Labute approximate surface area is 290 Å². The molecule has 1 aliphatic heterocycles. The average Bonchev–Trinajstić information content (AvgIpc) is 3.04. The molecule has 49 heavy (non-hydrogen) atoms. The summed E-state index contributed by atoms with van der Waals surface area (Å²) in [4.78, 5) is 33.7. The molecule has 4 aromatic rings. The molecular formula is C39H48FN3O5Si. The highest BCUT2D eigenvalue weighted by atomic mass is 28.4. The number of nitrogens with one attached hydrogen (secondary N) is 1. The van der Waals surface area contributed by atoms with Crippen molar-refractivity contribution in [2.45, 2.75) is 83.7 Å². The molecule has 1 aromatic heterocycles. The number of pyridine rings is 1. The molecule has 0 spiro atoms. The monoisotopic (exact) mass is 685 g/mol. The number of benzene rings is 3. The Morgan fingerprint density at radius 3 is 2.06 bits per heavy atom. The van der Waals surface area contributed by atoms with Gasteiger partial charge in [-0.15, -0.1) is 0 Å². The number of ether oxygens (including phenoxy) is 2. The van der Waals surface area contributed by atoms with Crippen LogP contribution in [0.3, 0.4) is 0 Å². The van der Waals surface area contributed by atoms with Crippen molar-refractivity contribution in [3.63, 3.8) is 0 Å². The summed E-state index contributed by atoms with van der Waals surface area (Å²) in [7, 11) is -2.93. The Kier molecular flexibility index (Phi) is 10.3. The van der Waals surface area contributed by atoms with Gasteiger partial charge in [0.15, 0.2) is 6.10 Å². The van der Waals surface area contributed by atoms with Crippen LogP contribution in [0.15, 0.2) is 91.1 Å². The molecule has 5 rings (SSSR count). The lowest BCUT2D eigenvalue weighted by molar-refractivity contribution is -0.144. The van der Waals surface area contributed by atoms with E-state index in [9.17, 15) is 14.0 Å². The minimum atomic E-state index is -2.93. The largest absolute Gasteiger partial charge is 0.444 e. The molecule has 1 aliphatic rings. The van der Waals surface area contributed by atoms with Gasteiger partial charge in [-0.05, 0) is 62.2 Å². The van der Waals surface area contributed by atoms with Gasteiger partial charge in [-0.2, -0.15) is 0 Å². The maximum absolute atomic E-state index is 14.6. The number of halogens is 1. The normalized spacial score (nSPS) is 17.5. The van der Waals surface area contributed by atoms with Crippen molar-refractivity contribution in [1.82, 2.24) is 15.2 Å². The van der Waals surface area contributed by atoms with E-state index in [1.807, 2.05) is 71.0 Å². The van der Waals surface area contributed by atoms with Gasteiger partial charge in [0.25, 0.3) is 14.2 Å². The Hall–Kier alpha value is -4.12. The van der Waals surface area contributed by atoms with Gasteiger partial charge >= 0.3 is 6.09 Å². The number of hydrogen-bond donors (Lipinski definition) is 1. The van der Waals surface area contributed by atoms with E-state index in [1.165, 1.54) is 12.3 Å². The Morgan fingerprint density at radius 1 is 0.878 bits per heavy atom. The van der Waals surface area contributed by atoms with Gasteiger partial charge < -0.3 is 19.2 Å². The van der Waals surface area contributed by atoms with Gasteiger partial charge in [-0.3, -0.25) is 14.7 Å². The van der Waals surface area contributed by atoms with Crippen molar-refractivity contribution in [2.75, 3.05) is 19.8 Å². The van der Waals surface area contributed by atoms with E-state index in [0.29, 0.717) is 16.5 Å². The van der Waals surface area contributed by atoms with Crippen LogP contribution in [0, 0.1) is 5.82 Å². The van der Waals surface area contributed by atoms with Gasteiger partial charge in [-0.1, -0.05) is 93.6 Å². The van der Waals surface area contributed by atoms with Crippen molar-refractivity contribution >= 4 is 41.5 Å². The molecule has 8 nitrogen and oxygen atoms in total. The summed E-state index contributed by atoms with van der Waals surface area (Å²) in [5.74, 6) is -0.779. The van der Waals surface area contributed by atoms with Crippen molar-refractivity contribution < 1.29 is 27.9 Å². The lowest BCUT2D eigenvalue weighted by Gasteiger charge is -2.46. The summed E-state index contributed by atoms with van der Waals surface area (Å²) in [6.07, 6.45) is 0.00426. The third-order valence-electron chi connectivity index (χ3n) is 8.90. The quantitative estimate of drug-likeness (QED) is 0.219. The number of rotatable bonds is 8. The predicted octanol–water partition coefficient (Wildman–Crippen LogP) is 6.31. The highest BCUT2D eigenvalue weighted by Crippen LogP contribution is 2.37. The van der Waals surface area contributed by atoms with Gasteiger partial charge in [0, 0.05) is 17.0 Å². The Morgan fingerprint density at radius 2 is 1.49 bits per heavy atom. The first-order chi connectivity index (χ1) is 23.0. The standard InChI is InChI=1S/C39H48FN3O5Si/c1-37(2,3)48-36(45)43-24-33(35(44)42-39(7,8)34-31-20-15-21-32(40)30(31)22-23-41-34)46-25-27(43)26-47-49(38(4,5)6,28-16-11-9-12-17-28)29-18-13-10-14-19-29/h9-23,27,33H,24-26H2,1-8H3,(H,42,44)/t27-,33-/m0/s1. The zero-order chi connectivity index (χ0) is 35.6. The van der Waals surface area contributed by atoms with E-state index in [1.54, 1.807) is 23.1 Å². The van der Waals surface area contributed by atoms with Crippen molar-refractivity contribution in [2.24, 2.45) is 0 Å². The maximum atomic E-state index is 14.6. The summed E-state index contributed by atoms with van der Waals surface area (Å²) >= 11 is 0. The first-order valence-electron chi connectivity index (χ1n) is 16.8. The fraction of sp³-hybridized carbons (Fsp3) is 0.410. The number of aromatic nitrogens is 1. The molecule has 10 heteroatoms. The van der Waals surface area contributed by atoms with E-state index < -0.39 is 43.6 Å². The molecule has 0 aliphatic carbocycles. The number of carbonyl (C=O) groups excluding carboxylic acids is 2. The third kappa shape index (κ3) is 7.71. The molecule has 0 unspecified atom stereocenters. The zero-order valence-electron chi connectivity index (χ0n) is 29.7. The molecule has 1 saturated heterocycles. The maximum Gasteiger partial charge on any atom is 0.410 e. The second-order valence-electron chi connectivity index (χ2n) is 15.2. The summed E-state index contributed by atoms with van der Waals surface area (Å²) < 4.78 is 33.8. The van der Waals surface area contributed by atoms with Crippen molar-refractivity contribution in [1.29, 1.82) is 0 Å². The minimum absolute atomic E-state index is 0.0385. The molecule has 1 fully saturated rings. The van der Waals surface area contributed by atoms with Crippen LogP contribution in [0.1, 0.15) is 61.1 Å². The smallest absolute Gasteiger partial charge is 0.410 e.